The van der Waals surface area contributed by atoms with Crippen LogP contribution in [-0.4, -0.2) is 21.1 Å². The summed E-state index contributed by atoms with van der Waals surface area (Å²) in [6.45, 7) is 3.55. The van der Waals surface area contributed by atoms with Gasteiger partial charge in [-0.3, -0.25) is 10.1 Å². The van der Waals surface area contributed by atoms with E-state index < -0.39 is 17.0 Å². The van der Waals surface area contributed by atoms with E-state index in [4.69, 9.17) is 9.15 Å². The number of hydrogen-bond acceptors (Lipinski definition) is 7. The van der Waals surface area contributed by atoms with Crippen molar-refractivity contribution in [1.29, 1.82) is 0 Å². The highest BCUT2D eigenvalue weighted by Gasteiger charge is 2.20. The van der Waals surface area contributed by atoms with Gasteiger partial charge in [0.05, 0.1) is 10.5 Å². The van der Waals surface area contributed by atoms with Crippen molar-refractivity contribution in [2.75, 3.05) is 0 Å². The van der Waals surface area contributed by atoms with E-state index in [0.717, 1.165) is 5.56 Å². The monoisotopic (exact) mass is 353 g/mol. The maximum absolute atomic E-state index is 12.1. The molecule has 0 aliphatic heterocycles. The number of nitrogens with zero attached hydrogens (tertiary/aromatic N) is 3. The van der Waals surface area contributed by atoms with E-state index in [1.807, 2.05) is 19.1 Å². The topological polar surface area (TPSA) is 108 Å². The minimum absolute atomic E-state index is 0.0334. The summed E-state index contributed by atoms with van der Waals surface area (Å²) in [6, 6.07) is 12.7. The molecule has 0 unspecified atom stereocenters. The highest BCUT2D eigenvalue weighted by atomic mass is 16.6. The third kappa shape index (κ3) is 3.75. The normalized spacial score (nSPS) is 11.8. The van der Waals surface area contributed by atoms with Gasteiger partial charge in [0, 0.05) is 17.7 Å². The number of non-ortho nitro benzene ring substituents is 1. The number of benzene rings is 2. The average Bonchev–Trinajstić information content (AvgIpc) is 3.12. The van der Waals surface area contributed by atoms with Crippen LogP contribution in [0.5, 0.6) is 0 Å². The van der Waals surface area contributed by atoms with Crippen LogP contribution in [0.4, 0.5) is 5.69 Å². The Hall–Kier alpha value is -3.55. The van der Waals surface area contributed by atoms with Crippen molar-refractivity contribution < 1.29 is 18.9 Å². The summed E-state index contributed by atoms with van der Waals surface area (Å²) >= 11 is 0. The Labute approximate surface area is 148 Å². The van der Waals surface area contributed by atoms with Crippen molar-refractivity contribution in [2.45, 2.75) is 20.0 Å². The van der Waals surface area contributed by atoms with Gasteiger partial charge in [0.1, 0.15) is 0 Å². The largest absolute Gasteiger partial charge is 0.449 e. The van der Waals surface area contributed by atoms with E-state index in [2.05, 4.69) is 10.2 Å². The van der Waals surface area contributed by atoms with Gasteiger partial charge < -0.3 is 9.15 Å². The molecule has 2 aromatic carbocycles. The van der Waals surface area contributed by atoms with Gasteiger partial charge in [-0.1, -0.05) is 17.7 Å². The summed E-state index contributed by atoms with van der Waals surface area (Å²) in [4.78, 5) is 22.3. The average molecular weight is 353 g/mol. The van der Waals surface area contributed by atoms with Gasteiger partial charge in [-0.05, 0) is 38.1 Å². The van der Waals surface area contributed by atoms with Crippen LogP contribution < -0.4 is 0 Å². The van der Waals surface area contributed by atoms with E-state index in [0.29, 0.717) is 11.1 Å². The second-order valence-electron chi connectivity index (χ2n) is 5.66. The van der Waals surface area contributed by atoms with E-state index in [9.17, 15) is 14.9 Å². The zero-order chi connectivity index (χ0) is 18.7. The minimum Gasteiger partial charge on any atom is -0.449 e. The first kappa shape index (κ1) is 17.3. The molecule has 0 fully saturated rings. The van der Waals surface area contributed by atoms with Crippen LogP contribution in [0, 0.1) is 17.0 Å². The zero-order valence-corrected chi connectivity index (χ0v) is 14.1. The number of hydrogen-bond donors (Lipinski definition) is 0. The highest BCUT2D eigenvalue weighted by molar-refractivity contribution is 5.89. The molecule has 3 aromatic rings. The van der Waals surface area contributed by atoms with Crippen LogP contribution in [0.2, 0.25) is 0 Å². The molecule has 0 amide bonds. The molecule has 0 N–H and O–H groups in total. The standard InChI is InChI=1S/C18H15N3O5/c1-11-3-5-14(6-4-11)18(22)25-12(2)16-19-20-17(26-16)13-7-9-15(10-8-13)21(23)24/h3-10,12H,1-2H3/t12-/m1/s1. The molecule has 0 aliphatic carbocycles. The smallest absolute Gasteiger partial charge is 0.338 e. The Morgan fingerprint density at radius 2 is 1.77 bits per heavy atom. The molecule has 132 valence electrons. The van der Waals surface area contributed by atoms with Crippen LogP contribution in [0.25, 0.3) is 11.5 Å². The Morgan fingerprint density at radius 3 is 2.38 bits per heavy atom. The lowest BCUT2D eigenvalue weighted by atomic mass is 10.1. The van der Waals surface area contributed by atoms with Crippen molar-refractivity contribution in [2.24, 2.45) is 0 Å². The van der Waals surface area contributed by atoms with Crippen molar-refractivity contribution in [3.05, 3.63) is 75.7 Å². The molecule has 0 saturated carbocycles. The molecular weight excluding hydrogens is 338 g/mol. The van der Waals surface area contributed by atoms with Gasteiger partial charge in [0.2, 0.25) is 5.89 Å². The summed E-state index contributed by atoms with van der Waals surface area (Å²) in [7, 11) is 0. The number of carbonyl (C=O) groups is 1. The van der Waals surface area contributed by atoms with Crippen molar-refractivity contribution in [3.8, 4) is 11.5 Å². The maximum atomic E-state index is 12.1. The third-order valence-corrected chi connectivity index (χ3v) is 3.68. The molecule has 0 radical (unpaired) electrons. The fourth-order valence-electron chi connectivity index (χ4n) is 2.21. The number of nitro benzene ring substituents is 1. The second kappa shape index (κ2) is 7.14. The predicted molar refractivity (Wildman–Crippen MR) is 91.4 cm³/mol. The Kier molecular flexibility index (Phi) is 4.74. The summed E-state index contributed by atoms with van der Waals surface area (Å²) in [5.41, 5.74) is 1.97. The van der Waals surface area contributed by atoms with E-state index >= 15 is 0 Å². The van der Waals surface area contributed by atoms with Crippen LogP contribution in [0.1, 0.15) is 34.8 Å². The minimum atomic E-state index is -0.733. The Morgan fingerprint density at radius 1 is 1.12 bits per heavy atom. The molecule has 1 atom stereocenters. The van der Waals surface area contributed by atoms with Gasteiger partial charge >= 0.3 is 5.97 Å². The number of esters is 1. The highest BCUT2D eigenvalue weighted by Crippen LogP contribution is 2.24. The molecule has 0 bridgehead atoms. The van der Waals surface area contributed by atoms with Crippen molar-refractivity contribution >= 4 is 11.7 Å². The summed E-state index contributed by atoms with van der Waals surface area (Å²) in [5.74, 6) is -0.167. The number of nitro groups is 1. The first-order valence-electron chi connectivity index (χ1n) is 7.80. The lowest BCUT2D eigenvalue weighted by Crippen LogP contribution is -2.09. The molecule has 1 heterocycles. The van der Waals surface area contributed by atoms with Crippen molar-refractivity contribution in [1.82, 2.24) is 10.2 Å². The number of ether oxygens (including phenoxy) is 1. The molecule has 26 heavy (non-hydrogen) atoms. The second-order valence-corrected chi connectivity index (χ2v) is 5.66. The predicted octanol–water partition coefficient (Wildman–Crippen LogP) is 3.87. The van der Waals surface area contributed by atoms with Gasteiger partial charge in [-0.25, -0.2) is 4.79 Å². The van der Waals surface area contributed by atoms with Gasteiger partial charge in [0.15, 0.2) is 6.10 Å². The fourth-order valence-corrected chi connectivity index (χ4v) is 2.21. The molecule has 0 aliphatic rings. The summed E-state index contributed by atoms with van der Waals surface area (Å²) in [5, 5.41) is 18.5. The molecule has 8 nitrogen and oxygen atoms in total. The molecule has 0 spiro atoms. The van der Waals surface area contributed by atoms with E-state index in [1.165, 1.54) is 24.3 Å². The number of aryl methyl sites for hydroxylation is 1. The van der Waals surface area contributed by atoms with Gasteiger partial charge in [-0.2, -0.15) is 0 Å². The first-order valence-corrected chi connectivity index (χ1v) is 7.80. The van der Waals surface area contributed by atoms with Crippen LogP contribution in [0.15, 0.2) is 52.9 Å². The molecular formula is C18H15N3O5. The van der Waals surface area contributed by atoms with E-state index in [1.54, 1.807) is 19.1 Å². The summed E-state index contributed by atoms with van der Waals surface area (Å²) < 4.78 is 10.9. The number of rotatable bonds is 5. The summed E-state index contributed by atoms with van der Waals surface area (Å²) in [6.07, 6.45) is -0.733. The lowest BCUT2D eigenvalue weighted by molar-refractivity contribution is -0.384. The number of aromatic nitrogens is 2. The Balaban J connectivity index is 1.71. The van der Waals surface area contributed by atoms with E-state index in [-0.39, 0.29) is 17.5 Å². The van der Waals surface area contributed by atoms with Gasteiger partial charge in [0.25, 0.3) is 11.6 Å². The Bertz CT molecular complexity index is 932. The van der Waals surface area contributed by atoms with Gasteiger partial charge in [-0.15, -0.1) is 10.2 Å². The molecule has 0 saturated heterocycles. The fraction of sp³-hybridized carbons (Fsp3) is 0.167. The molecule has 8 heteroatoms. The maximum Gasteiger partial charge on any atom is 0.338 e. The third-order valence-electron chi connectivity index (χ3n) is 3.68. The lowest BCUT2D eigenvalue weighted by Gasteiger charge is -2.09. The van der Waals surface area contributed by atoms with Crippen LogP contribution in [-0.2, 0) is 4.74 Å². The first-order chi connectivity index (χ1) is 12.4. The van der Waals surface area contributed by atoms with Crippen molar-refractivity contribution in [3.63, 3.8) is 0 Å². The SMILES string of the molecule is Cc1ccc(C(=O)O[C@H](C)c2nnc(-c3ccc([N+](=O)[O-])cc3)o2)cc1. The van der Waals surface area contributed by atoms with Crippen LogP contribution in [0.3, 0.4) is 0 Å². The molecule has 3 rings (SSSR count). The molecule has 1 aromatic heterocycles. The zero-order valence-electron chi connectivity index (χ0n) is 14.1. The number of carbonyl (C=O) groups excluding carboxylic acids is 1. The van der Waals surface area contributed by atoms with Crippen LogP contribution >= 0.6 is 0 Å². The quantitative estimate of drug-likeness (QED) is 0.389.